The fourth-order valence-electron chi connectivity index (χ4n) is 2.55. The van der Waals surface area contributed by atoms with Gasteiger partial charge in [0, 0.05) is 31.9 Å². The van der Waals surface area contributed by atoms with Crippen LogP contribution in [0.15, 0.2) is 6.20 Å². The lowest BCUT2D eigenvalue weighted by molar-refractivity contribution is 0.425. The molecule has 4 heteroatoms. The first-order valence-corrected chi connectivity index (χ1v) is 6.46. The van der Waals surface area contributed by atoms with Crippen LogP contribution in [0.2, 0.25) is 0 Å². The fourth-order valence-corrected chi connectivity index (χ4v) is 2.55. The predicted octanol–water partition coefficient (Wildman–Crippen LogP) is 2.60. The molecule has 4 nitrogen and oxygen atoms in total. The molecule has 2 rings (SSSR count). The molecular weight excluding hydrogens is 212 g/mol. The molecule has 0 aromatic carbocycles. The summed E-state index contributed by atoms with van der Waals surface area (Å²) in [5.41, 5.74) is 1.15. The Labute approximate surface area is 103 Å². The Morgan fingerprint density at radius 3 is 2.65 bits per heavy atom. The lowest BCUT2D eigenvalue weighted by Gasteiger charge is -2.32. The number of aromatic nitrogens is 2. The second-order valence-corrected chi connectivity index (χ2v) is 4.85. The second-order valence-electron chi connectivity index (χ2n) is 4.85. The lowest BCUT2D eigenvalue weighted by atomic mass is 9.94. The summed E-state index contributed by atoms with van der Waals surface area (Å²) in [4.78, 5) is 11.1. The van der Waals surface area contributed by atoms with Crippen molar-refractivity contribution >= 4 is 11.8 Å². The smallest absolute Gasteiger partial charge is 0.224 e. The molecule has 1 aromatic rings. The van der Waals surface area contributed by atoms with Crippen LogP contribution in [0.3, 0.4) is 0 Å². The van der Waals surface area contributed by atoms with E-state index in [0.717, 1.165) is 11.4 Å². The zero-order valence-electron chi connectivity index (χ0n) is 11.0. The number of nitrogens with zero attached hydrogens (tertiary/aromatic N) is 3. The lowest BCUT2D eigenvalue weighted by Crippen LogP contribution is -2.34. The molecular formula is C13H22N4. The van der Waals surface area contributed by atoms with Gasteiger partial charge in [0.05, 0.1) is 0 Å². The van der Waals surface area contributed by atoms with Gasteiger partial charge in [-0.25, -0.2) is 4.98 Å². The summed E-state index contributed by atoms with van der Waals surface area (Å²) in [6.45, 7) is 2.08. The van der Waals surface area contributed by atoms with Crippen molar-refractivity contribution in [3.63, 3.8) is 0 Å². The van der Waals surface area contributed by atoms with E-state index < -0.39 is 0 Å². The Balaban J connectivity index is 2.19. The van der Waals surface area contributed by atoms with E-state index in [2.05, 4.69) is 34.2 Å². The number of nitrogens with one attached hydrogen (secondary N) is 1. The molecule has 94 valence electrons. The Bertz CT molecular complexity index is 372. The van der Waals surface area contributed by atoms with Crippen LogP contribution in [-0.2, 0) is 0 Å². The molecule has 1 N–H and O–H groups in total. The maximum atomic E-state index is 4.57. The molecule has 1 aliphatic rings. The average Bonchev–Trinajstić information content (AvgIpc) is 2.39. The van der Waals surface area contributed by atoms with Crippen LogP contribution in [0, 0.1) is 6.92 Å². The highest BCUT2D eigenvalue weighted by molar-refractivity contribution is 5.49. The third-order valence-corrected chi connectivity index (χ3v) is 3.63. The van der Waals surface area contributed by atoms with Crippen LogP contribution < -0.4 is 10.2 Å². The molecule has 0 bridgehead atoms. The van der Waals surface area contributed by atoms with Gasteiger partial charge < -0.3 is 10.2 Å². The van der Waals surface area contributed by atoms with E-state index in [1.54, 1.807) is 0 Å². The average molecular weight is 234 g/mol. The third-order valence-electron chi connectivity index (χ3n) is 3.63. The Morgan fingerprint density at radius 2 is 2.00 bits per heavy atom. The first kappa shape index (κ1) is 12.1. The first-order valence-electron chi connectivity index (χ1n) is 6.46. The van der Waals surface area contributed by atoms with E-state index in [4.69, 9.17) is 0 Å². The van der Waals surface area contributed by atoms with Crippen LogP contribution in [0.5, 0.6) is 0 Å². The standard InChI is InChI=1S/C13H22N4/c1-10-9-15-13(14-2)16-12(10)17(3)11-7-5-4-6-8-11/h9,11H,4-8H2,1-3H3,(H,14,15,16). The van der Waals surface area contributed by atoms with Gasteiger partial charge in [0.1, 0.15) is 5.82 Å². The molecule has 1 aromatic heterocycles. The van der Waals surface area contributed by atoms with Gasteiger partial charge in [0.2, 0.25) is 5.95 Å². The number of aryl methyl sites for hydroxylation is 1. The van der Waals surface area contributed by atoms with E-state index in [0.29, 0.717) is 12.0 Å². The Kier molecular flexibility index (Phi) is 3.82. The van der Waals surface area contributed by atoms with Crippen molar-refractivity contribution in [3.05, 3.63) is 11.8 Å². The maximum absolute atomic E-state index is 4.57. The first-order chi connectivity index (χ1) is 8.22. The van der Waals surface area contributed by atoms with E-state index >= 15 is 0 Å². The highest BCUT2D eigenvalue weighted by Gasteiger charge is 2.20. The molecule has 0 unspecified atom stereocenters. The molecule has 1 saturated carbocycles. The summed E-state index contributed by atoms with van der Waals surface area (Å²) >= 11 is 0. The van der Waals surface area contributed by atoms with Gasteiger partial charge in [-0.05, 0) is 19.8 Å². The van der Waals surface area contributed by atoms with E-state index in [1.165, 1.54) is 32.1 Å². The van der Waals surface area contributed by atoms with Gasteiger partial charge in [-0.2, -0.15) is 4.98 Å². The summed E-state index contributed by atoms with van der Waals surface area (Å²) in [6.07, 6.45) is 8.54. The molecule has 0 atom stereocenters. The molecule has 1 fully saturated rings. The van der Waals surface area contributed by atoms with Gasteiger partial charge >= 0.3 is 0 Å². The monoisotopic (exact) mass is 234 g/mol. The summed E-state index contributed by atoms with van der Waals surface area (Å²) < 4.78 is 0. The van der Waals surface area contributed by atoms with Crippen molar-refractivity contribution < 1.29 is 0 Å². The Hall–Kier alpha value is -1.32. The number of hydrogen-bond acceptors (Lipinski definition) is 4. The van der Waals surface area contributed by atoms with Crippen LogP contribution in [-0.4, -0.2) is 30.1 Å². The minimum Gasteiger partial charge on any atom is -0.357 e. The minimum atomic E-state index is 0.641. The third kappa shape index (κ3) is 2.68. The topological polar surface area (TPSA) is 41.1 Å². The van der Waals surface area contributed by atoms with Crippen molar-refractivity contribution in [1.82, 2.24) is 9.97 Å². The SMILES string of the molecule is CNc1ncc(C)c(N(C)C2CCCCC2)n1. The van der Waals surface area contributed by atoms with Crippen LogP contribution in [0.4, 0.5) is 11.8 Å². The van der Waals surface area contributed by atoms with E-state index in [9.17, 15) is 0 Å². The van der Waals surface area contributed by atoms with Gasteiger partial charge in [-0.1, -0.05) is 19.3 Å². The van der Waals surface area contributed by atoms with Gasteiger partial charge in [-0.3, -0.25) is 0 Å². The summed E-state index contributed by atoms with van der Waals surface area (Å²) in [5.74, 6) is 1.77. The molecule has 0 radical (unpaired) electrons. The molecule has 0 saturated heterocycles. The van der Waals surface area contributed by atoms with Crippen molar-refractivity contribution in [2.75, 3.05) is 24.3 Å². The van der Waals surface area contributed by atoms with Gasteiger partial charge in [0.15, 0.2) is 0 Å². The molecule has 17 heavy (non-hydrogen) atoms. The van der Waals surface area contributed by atoms with Crippen molar-refractivity contribution in [3.8, 4) is 0 Å². The number of rotatable bonds is 3. The zero-order chi connectivity index (χ0) is 12.3. The summed E-state index contributed by atoms with van der Waals surface area (Å²) in [6, 6.07) is 0.641. The molecule has 1 heterocycles. The normalized spacial score (nSPS) is 16.9. The molecule has 0 spiro atoms. The quantitative estimate of drug-likeness (QED) is 0.872. The summed E-state index contributed by atoms with van der Waals surface area (Å²) in [5, 5.41) is 3.00. The van der Waals surface area contributed by atoms with Crippen molar-refractivity contribution in [2.45, 2.75) is 45.1 Å². The molecule has 1 aliphatic carbocycles. The largest absolute Gasteiger partial charge is 0.357 e. The van der Waals surface area contributed by atoms with E-state index in [-0.39, 0.29) is 0 Å². The number of hydrogen-bond donors (Lipinski definition) is 1. The maximum Gasteiger partial charge on any atom is 0.224 e. The van der Waals surface area contributed by atoms with Crippen LogP contribution in [0.1, 0.15) is 37.7 Å². The zero-order valence-corrected chi connectivity index (χ0v) is 11.0. The molecule has 0 aliphatic heterocycles. The van der Waals surface area contributed by atoms with E-state index in [1.807, 2.05) is 13.2 Å². The minimum absolute atomic E-state index is 0.641. The molecule has 0 amide bonds. The van der Waals surface area contributed by atoms with Gasteiger partial charge in [0.25, 0.3) is 0 Å². The highest BCUT2D eigenvalue weighted by Crippen LogP contribution is 2.26. The van der Waals surface area contributed by atoms with Crippen LogP contribution in [0.25, 0.3) is 0 Å². The van der Waals surface area contributed by atoms with Crippen molar-refractivity contribution in [2.24, 2.45) is 0 Å². The fraction of sp³-hybridized carbons (Fsp3) is 0.692. The Morgan fingerprint density at radius 1 is 1.29 bits per heavy atom. The van der Waals surface area contributed by atoms with Gasteiger partial charge in [-0.15, -0.1) is 0 Å². The predicted molar refractivity (Wildman–Crippen MR) is 71.6 cm³/mol. The highest BCUT2D eigenvalue weighted by atomic mass is 15.2. The van der Waals surface area contributed by atoms with Crippen molar-refractivity contribution in [1.29, 1.82) is 0 Å². The second kappa shape index (κ2) is 5.34. The summed E-state index contributed by atoms with van der Waals surface area (Å²) in [7, 11) is 4.01. The number of anilines is 2. The van der Waals surface area contributed by atoms with Crippen LogP contribution >= 0.6 is 0 Å².